The van der Waals surface area contributed by atoms with E-state index in [1.165, 1.54) is 0 Å². The predicted molar refractivity (Wildman–Crippen MR) is 152 cm³/mol. The van der Waals surface area contributed by atoms with Crippen LogP contribution in [0.15, 0.2) is 72.8 Å². The van der Waals surface area contributed by atoms with Crippen molar-refractivity contribution in [1.82, 2.24) is 0 Å². The first-order chi connectivity index (χ1) is 17.5. The molecule has 38 heavy (non-hydrogen) atoms. The zero-order valence-corrected chi connectivity index (χ0v) is 26.1. The van der Waals surface area contributed by atoms with Gasteiger partial charge in [-0.1, -0.05) is 70.8 Å². The standard InChI is InChI=1S/C32H36BO4.Na/c1-21-9-13-29(25(5)17-21)34-33(35-30-14-10-22(2)18-26(30)6,36-31-15-11-23(3)19-27(31)7)37-32-16-12-24(4)20-28(32)8;/h9-20H,1-8H3;/q-1;+1. The molecule has 0 aromatic heterocycles. The molecule has 0 amide bonds. The summed E-state index contributed by atoms with van der Waals surface area (Å²) < 4.78 is 26.6. The predicted octanol–water partition coefficient (Wildman–Crippen LogP) is 5.21. The third-order valence-corrected chi connectivity index (χ3v) is 6.41. The van der Waals surface area contributed by atoms with E-state index in [4.69, 9.17) is 18.6 Å². The van der Waals surface area contributed by atoms with E-state index in [1.54, 1.807) is 0 Å². The zero-order chi connectivity index (χ0) is 26.7. The number of rotatable bonds is 8. The third-order valence-electron chi connectivity index (χ3n) is 6.41. The van der Waals surface area contributed by atoms with Crippen LogP contribution in [0.4, 0.5) is 0 Å². The fourth-order valence-corrected chi connectivity index (χ4v) is 4.49. The normalized spacial score (nSPS) is 10.9. The van der Waals surface area contributed by atoms with Gasteiger partial charge in [0.25, 0.3) is 0 Å². The van der Waals surface area contributed by atoms with Gasteiger partial charge in [0.15, 0.2) is 0 Å². The molecule has 0 radical (unpaired) electrons. The van der Waals surface area contributed by atoms with Crippen molar-refractivity contribution in [3.8, 4) is 23.0 Å². The van der Waals surface area contributed by atoms with E-state index in [-0.39, 0.29) is 29.6 Å². The minimum absolute atomic E-state index is 0. The van der Waals surface area contributed by atoms with Crippen molar-refractivity contribution in [2.75, 3.05) is 0 Å². The Morgan fingerprint density at radius 3 is 0.763 bits per heavy atom. The number of hydrogen-bond donors (Lipinski definition) is 0. The summed E-state index contributed by atoms with van der Waals surface area (Å²) in [5.41, 5.74) is 8.42. The molecular formula is C32H36BNaO4. The van der Waals surface area contributed by atoms with Crippen molar-refractivity contribution < 1.29 is 48.2 Å². The maximum Gasteiger partial charge on any atom is 1.00 e. The van der Waals surface area contributed by atoms with E-state index in [0.717, 1.165) is 44.5 Å². The minimum Gasteiger partial charge on any atom is -0.611 e. The van der Waals surface area contributed by atoms with Crippen LogP contribution in [-0.4, -0.2) is 6.96 Å². The summed E-state index contributed by atoms with van der Waals surface area (Å²) in [5.74, 6) is 2.52. The van der Waals surface area contributed by atoms with Gasteiger partial charge in [-0.15, -0.1) is 0 Å². The number of hydrogen-bond acceptors (Lipinski definition) is 4. The van der Waals surface area contributed by atoms with Gasteiger partial charge in [-0.05, 0) is 102 Å². The molecule has 0 N–H and O–H groups in total. The molecule has 0 aliphatic rings. The molecule has 4 aromatic rings. The van der Waals surface area contributed by atoms with Gasteiger partial charge < -0.3 is 18.6 Å². The van der Waals surface area contributed by atoms with Gasteiger partial charge in [0.2, 0.25) is 0 Å². The topological polar surface area (TPSA) is 36.9 Å². The second-order valence-corrected chi connectivity index (χ2v) is 10.1. The molecule has 0 heterocycles. The molecule has 0 bridgehead atoms. The third kappa shape index (κ3) is 7.16. The van der Waals surface area contributed by atoms with Crippen LogP contribution in [0.2, 0.25) is 0 Å². The molecule has 4 aromatic carbocycles. The van der Waals surface area contributed by atoms with Crippen molar-refractivity contribution in [2.45, 2.75) is 55.4 Å². The van der Waals surface area contributed by atoms with E-state index in [0.29, 0.717) is 23.0 Å². The summed E-state index contributed by atoms with van der Waals surface area (Å²) in [6, 6.07) is 24.1. The average molecular weight is 518 g/mol. The van der Waals surface area contributed by atoms with Gasteiger partial charge >= 0.3 is 36.5 Å². The second kappa shape index (κ2) is 12.3. The molecule has 4 rings (SSSR count). The van der Waals surface area contributed by atoms with Crippen LogP contribution >= 0.6 is 0 Å². The van der Waals surface area contributed by atoms with Gasteiger partial charge in [-0.3, -0.25) is 0 Å². The van der Waals surface area contributed by atoms with Crippen molar-refractivity contribution >= 4 is 6.96 Å². The average Bonchev–Trinajstić information content (AvgIpc) is 2.82. The van der Waals surface area contributed by atoms with Crippen LogP contribution in [-0.2, 0) is 0 Å². The number of benzene rings is 4. The van der Waals surface area contributed by atoms with E-state index < -0.39 is 6.96 Å². The Kier molecular flexibility index (Phi) is 9.64. The van der Waals surface area contributed by atoms with Crippen LogP contribution in [0.3, 0.4) is 0 Å². The Morgan fingerprint density at radius 1 is 0.368 bits per heavy atom. The number of aryl methyl sites for hydroxylation is 8. The van der Waals surface area contributed by atoms with Gasteiger partial charge in [-0.2, -0.15) is 0 Å². The van der Waals surface area contributed by atoms with Crippen LogP contribution in [0.5, 0.6) is 23.0 Å². The van der Waals surface area contributed by atoms with Crippen molar-refractivity contribution in [1.29, 1.82) is 0 Å². The first-order valence-corrected chi connectivity index (χ1v) is 12.7. The van der Waals surface area contributed by atoms with Gasteiger partial charge in [0.1, 0.15) is 0 Å². The monoisotopic (exact) mass is 518 g/mol. The van der Waals surface area contributed by atoms with Crippen LogP contribution in [0.1, 0.15) is 44.5 Å². The Morgan fingerprint density at radius 2 is 0.579 bits per heavy atom. The van der Waals surface area contributed by atoms with Gasteiger partial charge in [0.05, 0.1) is 23.0 Å². The van der Waals surface area contributed by atoms with Crippen LogP contribution in [0.25, 0.3) is 0 Å². The van der Waals surface area contributed by atoms with E-state index in [1.807, 2.05) is 76.2 Å². The fourth-order valence-electron chi connectivity index (χ4n) is 4.49. The van der Waals surface area contributed by atoms with Crippen molar-refractivity contribution in [3.05, 3.63) is 117 Å². The van der Waals surface area contributed by atoms with Gasteiger partial charge in [-0.25, -0.2) is 0 Å². The molecule has 4 nitrogen and oxygen atoms in total. The molecule has 0 aliphatic heterocycles. The maximum absolute atomic E-state index is 6.65. The molecule has 0 spiro atoms. The Labute approximate surface area is 249 Å². The first-order valence-electron chi connectivity index (χ1n) is 12.7. The largest absolute Gasteiger partial charge is 1.00 e. The van der Waals surface area contributed by atoms with Crippen molar-refractivity contribution in [2.24, 2.45) is 0 Å². The molecule has 6 heteroatoms. The molecule has 192 valence electrons. The smallest absolute Gasteiger partial charge is 0.611 e. The SMILES string of the molecule is Cc1ccc(O[B-](Oc2ccc(C)cc2C)(Oc2ccc(C)cc2C)Oc2ccc(C)cc2C)c(C)c1.[Na+]. The van der Waals surface area contributed by atoms with Gasteiger partial charge in [0, 0.05) is 0 Å². The fraction of sp³-hybridized carbons (Fsp3) is 0.250. The summed E-state index contributed by atoms with van der Waals surface area (Å²) in [6.07, 6.45) is 0. The Bertz CT molecular complexity index is 1210. The molecule has 0 fully saturated rings. The molecule has 0 saturated heterocycles. The quantitative estimate of drug-likeness (QED) is 0.300. The van der Waals surface area contributed by atoms with Crippen LogP contribution in [0, 0.1) is 55.4 Å². The molecule has 0 aliphatic carbocycles. The second-order valence-electron chi connectivity index (χ2n) is 10.1. The summed E-state index contributed by atoms with van der Waals surface area (Å²) >= 11 is 0. The molecule has 0 atom stereocenters. The van der Waals surface area contributed by atoms with E-state index >= 15 is 0 Å². The minimum atomic E-state index is -2.85. The first kappa shape index (κ1) is 29.7. The molecule has 0 unspecified atom stereocenters. The summed E-state index contributed by atoms with van der Waals surface area (Å²) in [6.45, 7) is 13.4. The van der Waals surface area contributed by atoms with Crippen molar-refractivity contribution in [3.63, 3.8) is 0 Å². The van der Waals surface area contributed by atoms with Crippen LogP contribution < -0.4 is 48.2 Å². The molecular weight excluding hydrogens is 482 g/mol. The Hall–Kier alpha value is -2.86. The van der Waals surface area contributed by atoms with E-state index in [9.17, 15) is 0 Å². The summed E-state index contributed by atoms with van der Waals surface area (Å²) in [7, 11) is 0. The summed E-state index contributed by atoms with van der Waals surface area (Å²) in [4.78, 5) is 0. The summed E-state index contributed by atoms with van der Waals surface area (Å²) in [5, 5.41) is 0. The maximum atomic E-state index is 6.65. The molecule has 0 saturated carbocycles. The zero-order valence-electron chi connectivity index (χ0n) is 24.1. The van der Waals surface area contributed by atoms with E-state index in [2.05, 4.69) is 52.0 Å². The Balaban J connectivity index is 0.00000400.